The van der Waals surface area contributed by atoms with Crippen molar-refractivity contribution in [2.24, 2.45) is 0 Å². The van der Waals surface area contributed by atoms with Crippen LogP contribution in [-0.2, 0) is 6.42 Å². The molecule has 1 atom stereocenters. The van der Waals surface area contributed by atoms with Crippen LogP contribution in [0.2, 0.25) is 0 Å². The van der Waals surface area contributed by atoms with Crippen LogP contribution in [0, 0.1) is 0 Å². The molecule has 112 valence electrons. The smallest absolute Gasteiger partial charge is 0.267 e. The third-order valence-corrected chi connectivity index (χ3v) is 4.38. The lowest BCUT2D eigenvalue weighted by molar-refractivity contribution is 0.0745. The van der Waals surface area contributed by atoms with Gasteiger partial charge >= 0.3 is 0 Å². The lowest BCUT2D eigenvalue weighted by Gasteiger charge is -2.25. The maximum Gasteiger partial charge on any atom is 0.267 e. The second kappa shape index (κ2) is 7.69. The van der Waals surface area contributed by atoms with Gasteiger partial charge in [-0.2, -0.15) is 0 Å². The van der Waals surface area contributed by atoms with Gasteiger partial charge < -0.3 is 10.2 Å². The van der Waals surface area contributed by atoms with E-state index in [4.69, 9.17) is 0 Å². The number of carbonyl (C=O) groups is 1. The average Bonchev–Trinajstić information content (AvgIpc) is 3.09. The Morgan fingerprint density at radius 1 is 1.45 bits per heavy atom. The molecule has 5 nitrogen and oxygen atoms in total. The van der Waals surface area contributed by atoms with Crippen LogP contribution in [0.5, 0.6) is 0 Å². The number of aryl methyl sites for hydroxylation is 1. The molecular weight excluding hydrogens is 272 g/mol. The Kier molecular flexibility index (Phi) is 5.91. The van der Waals surface area contributed by atoms with Crippen molar-refractivity contribution in [1.29, 1.82) is 0 Å². The highest BCUT2D eigenvalue weighted by molar-refractivity contribution is 7.08. The SMILES string of the molecule is CCCc1nnsc1C(=O)N(CCC)CC1CCCN1. The van der Waals surface area contributed by atoms with Crippen molar-refractivity contribution in [2.45, 2.75) is 52.0 Å². The summed E-state index contributed by atoms with van der Waals surface area (Å²) in [5.41, 5.74) is 0.864. The van der Waals surface area contributed by atoms with Crippen molar-refractivity contribution in [3.05, 3.63) is 10.6 Å². The predicted molar refractivity (Wildman–Crippen MR) is 81.1 cm³/mol. The zero-order valence-corrected chi connectivity index (χ0v) is 13.2. The number of rotatable bonds is 7. The van der Waals surface area contributed by atoms with E-state index in [1.165, 1.54) is 18.0 Å². The molecule has 1 fully saturated rings. The summed E-state index contributed by atoms with van der Waals surface area (Å²) >= 11 is 1.24. The molecule has 2 heterocycles. The van der Waals surface area contributed by atoms with E-state index in [0.29, 0.717) is 6.04 Å². The van der Waals surface area contributed by atoms with E-state index in [2.05, 4.69) is 28.8 Å². The molecule has 1 aromatic heterocycles. The van der Waals surface area contributed by atoms with Crippen LogP contribution in [0.4, 0.5) is 0 Å². The van der Waals surface area contributed by atoms with Crippen molar-refractivity contribution in [3.8, 4) is 0 Å². The molecule has 0 aromatic carbocycles. The standard InChI is InChI=1S/C14H24N4OS/c1-3-6-12-13(20-17-16-12)14(19)18(9-4-2)10-11-7-5-8-15-11/h11,15H,3-10H2,1-2H3. The number of amides is 1. The molecule has 1 aliphatic rings. The molecule has 0 saturated carbocycles. The largest absolute Gasteiger partial charge is 0.336 e. The summed E-state index contributed by atoms with van der Waals surface area (Å²) in [5.74, 6) is 0.110. The summed E-state index contributed by atoms with van der Waals surface area (Å²) in [4.78, 5) is 15.4. The molecular formula is C14H24N4OS. The molecule has 1 unspecified atom stereocenters. The third-order valence-electron chi connectivity index (χ3n) is 3.62. The van der Waals surface area contributed by atoms with Gasteiger partial charge in [-0.1, -0.05) is 24.8 Å². The second-order valence-corrected chi connectivity index (χ2v) is 6.10. The number of nitrogens with zero attached hydrogens (tertiary/aromatic N) is 3. The second-order valence-electron chi connectivity index (χ2n) is 5.34. The minimum Gasteiger partial charge on any atom is -0.336 e. The van der Waals surface area contributed by atoms with Crippen molar-refractivity contribution in [3.63, 3.8) is 0 Å². The zero-order chi connectivity index (χ0) is 14.4. The zero-order valence-electron chi connectivity index (χ0n) is 12.4. The Balaban J connectivity index is 2.06. The molecule has 0 radical (unpaired) electrons. The van der Waals surface area contributed by atoms with E-state index in [9.17, 15) is 4.79 Å². The van der Waals surface area contributed by atoms with Gasteiger partial charge in [-0.15, -0.1) is 5.10 Å². The number of carbonyl (C=O) groups excluding carboxylic acids is 1. The van der Waals surface area contributed by atoms with E-state index >= 15 is 0 Å². The Labute approximate surface area is 124 Å². The molecule has 1 aliphatic heterocycles. The first-order valence-corrected chi connectivity index (χ1v) is 8.37. The minimum absolute atomic E-state index is 0.110. The summed E-state index contributed by atoms with van der Waals surface area (Å²) in [6.07, 6.45) is 5.18. The minimum atomic E-state index is 0.110. The summed E-state index contributed by atoms with van der Waals surface area (Å²) in [6, 6.07) is 0.445. The van der Waals surface area contributed by atoms with Crippen LogP contribution >= 0.6 is 11.5 Å². The van der Waals surface area contributed by atoms with E-state index in [1.807, 2.05) is 4.90 Å². The molecule has 1 saturated heterocycles. The first-order valence-electron chi connectivity index (χ1n) is 7.60. The first kappa shape index (κ1) is 15.4. The van der Waals surface area contributed by atoms with Gasteiger partial charge in [0.15, 0.2) is 0 Å². The lowest BCUT2D eigenvalue weighted by atomic mass is 10.2. The topological polar surface area (TPSA) is 58.1 Å². The highest BCUT2D eigenvalue weighted by Crippen LogP contribution is 2.17. The van der Waals surface area contributed by atoms with Gasteiger partial charge in [-0.3, -0.25) is 4.79 Å². The van der Waals surface area contributed by atoms with Crippen LogP contribution in [0.25, 0.3) is 0 Å². The number of hydrogen-bond donors (Lipinski definition) is 1. The molecule has 0 spiro atoms. The van der Waals surface area contributed by atoms with Gasteiger partial charge in [0.2, 0.25) is 0 Å². The summed E-state index contributed by atoms with van der Waals surface area (Å²) in [5, 5.41) is 7.57. The van der Waals surface area contributed by atoms with Crippen molar-refractivity contribution in [1.82, 2.24) is 19.8 Å². The van der Waals surface area contributed by atoms with E-state index in [1.54, 1.807) is 0 Å². The molecule has 1 aromatic rings. The average molecular weight is 296 g/mol. The Morgan fingerprint density at radius 2 is 2.30 bits per heavy atom. The number of hydrogen-bond acceptors (Lipinski definition) is 5. The highest BCUT2D eigenvalue weighted by atomic mass is 32.1. The monoisotopic (exact) mass is 296 g/mol. The van der Waals surface area contributed by atoms with Crippen molar-refractivity contribution in [2.75, 3.05) is 19.6 Å². The molecule has 20 heavy (non-hydrogen) atoms. The van der Waals surface area contributed by atoms with E-state index in [0.717, 1.165) is 55.9 Å². The quantitative estimate of drug-likeness (QED) is 0.837. The fourth-order valence-corrected chi connectivity index (χ4v) is 3.32. The number of nitrogens with one attached hydrogen (secondary N) is 1. The normalized spacial score (nSPS) is 18.4. The molecule has 2 rings (SSSR count). The lowest BCUT2D eigenvalue weighted by Crippen LogP contribution is -2.41. The van der Waals surface area contributed by atoms with Crippen molar-refractivity contribution >= 4 is 17.4 Å². The van der Waals surface area contributed by atoms with Crippen LogP contribution in [0.1, 0.15) is 54.9 Å². The van der Waals surface area contributed by atoms with Crippen LogP contribution in [0.15, 0.2) is 0 Å². The fourth-order valence-electron chi connectivity index (χ4n) is 2.64. The van der Waals surface area contributed by atoms with Gasteiger partial charge in [0, 0.05) is 19.1 Å². The molecule has 0 aliphatic carbocycles. The Hall–Kier alpha value is -1.01. The van der Waals surface area contributed by atoms with Gasteiger partial charge in [-0.05, 0) is 43.8 Å². The summed E-state index contributed by atoms with van der Waals surface area (Å²) < 4.78 is 3.96. The number of aromatic nitrogens is 2. The summed E-state index contributed by atoms with van der Waals surface area (Å²) in [6.45, 7) is 6.89. The van der Waals surface area contributed by atoms with Gasteiger partial charge in [0.1, 0.15) is 4.88 Å². The van der Waals surface area contributed by atoms with Crippen LogP contribution < -0.4 is 5.32 Å². The molecule has 1 amide bonds. The molecule has 0 bridgehead atoms. The maximum absolute atomic E-state index is 12.7. The van der Waals surface area contributed by atoms with Crippen molar-refractivity contribution < 1.29 is 4.79 Å². The molecule has 6 heteroatoms. The highest BCUT2D eigenvalue weighted by Gasteiger charge is 2.25. The third kappa shape index (κ3) is 3.76. The maximum atomic E-state index is 12.7. The van der Waals surface area contributed by atoms with E-state index < -0.39 is 0 Å². The van der Waals surface area contributed by atoms with Gasteiger partial charge in [0.25, 0.3) is 5.91 Å². The van der Waals surface area contributed by atoms with Crippen LogP contribution in [-0.4, -0.2) is 46.1 Å². The Morgan fingerprint density at radius 3 is 2.95 bits per heavy atom. The van der Waals surface area contributed by atoms with E-state index in [-0.39, 0.29) is 5.91 Å². The first-order chi connectivity index (χ1) is 9.76. The van der Waals surface area contributed by atoms with Gasteiger partial charge in [-0.25, -0.2) is 0 Å². The molecule has 1 N–H and O–H groups in total. The fraction of sp³-hybridized carbons (Fsp3) is 0.786. The Bertz CT molecular complexity index is 429. The van der Waals surface area contributed by atoms with Crippen LogP contribution in [0.3, 0.4) is 0 Å². The predicted octanol–water partition coefficient (Wildman–Crippen LogP) is 2.09. The summed E-state index contributed by atoms with van der Waals surface area (Å²) in [7, 11) is 0. The van der Waals surface area contributed by atoms with Gasteiger partial charge in [0.05, 0.1) is 5.69 Å².